The molecule has 0 amide bonds. The molecule has 0 heterocycles. The van der Waals surface area contributed by atoms with E-state index in [2.05, 4.69) is 14.7 Å². The van der Waals surface area contributed by atoms with Gasteiger partial charge in [0.15, 0.2) is 5.84 Å². The molecule has 0 aliphatic carbocycles. The second-order valence-electron chi connectivity index (χ2n) is 4.24. The topological polar surface area (TPSA) is 73.9 Å². The quantitative estimate of drug-likeness (QED) is 0.397. The average molecular weight is 324 g/mol. The number of para-hydroxylation sites is 1. The molecule has 120 valence electrons. The van der Waals surface area contributed by atoms with Gasteiger partial charge in [-0.05, 0) is 36.4 Å². The summed E-state index contributed by atoms with van der Waals surface area (Å²) in [5.41, 5.74) is 5.69. The van der Waals surface area contributed by atoms with Gasteiger partial charge in [0, 0.05) is 5.56 Å². The van der Waals surface area contributed by atoms with Gasteiger partial charge in [0.25, 0.3) is 0 Å². The zero-order valence-electron chi connectivity index (χ0n) is 11.6. The number of halogens is 3. The average Bonchev–Trinajstić information content (AvgIpc) is 2.53. The second kappa shape index (κ2) is 7.30. The highest BCUT2D eigenvalue weighted by Gasteiger charge is 2.17. The second-order valence-corrected chi connectivity index (χ2v) is 4.24. The number of rotatable bonds is 5. The first-order valence-corrected chi connectivity index (χ1v) is 6.32. The summed E-state index contributed by atoms with van der Waals surface area (Å²) in [5, 5.41) is 3.40. The van der Waals surface area contributed by atoms with Crippen LogP contribution in [-0.2, 0) is 4.84 Å². The molecule has 2 aromatic carbocycles. The number of nitrogens with two attached hydrogens (primary N) is 1. The first-order chi connectivity index (χ1) is 11.0. The summed E-state index contributed by atoms with van der Waals surface area (Å²) in [7, 11) is 0. The number of hydrogen-bond acceptors (Lipinski definition) is 4. The number of oxime groups is 1. The highest BCUT2D eigenvalue weighted by Crippen LogP contribution is 2.21. The number of hydrogen-bond donors (Lipinski definition) is 1. The van der Waals surface area contributed by atoms with E-state index in [9.17, 15) is 18.0 Å². The van der Waals surface area contributed by atoms with Gasteiger partial charge in [-0.25, -0.2) is 9.18 Å². The van der Waals surface area contributed by atoms with Gasteiger partial charge in [-0.3, -0.25) is 0 Å². The third-order valence-electron chi connectivity index (χ3n) is 2.69. The molecule has 0 bridgehead atoms. The van der Waals surface area contributed by atoms with E-state index >= 15 is 0 Å². The molecule has 0 spiro atoms. The van der Waals surface area contributed by atoms with Gasteiger partial charge < -0.3 is 15.3 Å². The fourth-order valence-corrected chi connectivity index (χ4v) is 1.65. The summed E-state index contributed by atoms with van der Waals surface area (Å²) in [6.45, 7) is -3.09. The fraction of sp³-hybridized carbons (Fsp3) is 0.0667. The molecule has 2 N–H and O–H groups in total. The van der Waals surface area contributed by atoms with Crippen molar-refractivity contribution in [2.75, 3.05) is 0 Å². The van der Waals surface area contributed by atoms with Crippen molar-refractivity contribution < 1.29 is 27.5 Å². The Labute approximate surface area is 129 Å². The van der Waals surface area contributed by atoms with Crippen LogP contribution in [0.3, 0.4) is 0 Å². The number of amidine groups is 1. The van der Waals surface area contributed by atoms with E-state index in [1.165, 1.54) is 36.4 Å². The molecule has 0 aromatic heterocycles. The van der Waals surface area contributed by atoms with Gasteiger partial charge in [0.05, 0.1) is 0 Å². The Morgan fingerprint density at radius 2 is 1.74 bits per heavy atom. The predicted octanol–water partition coefficient (Wildman–Crippen LogP) is 2.90. The maximum absolute atomic E-state index is 12.8. The van der Waals surface area contributed by atoms with Gasteiger partial charge in [-0.2, -0.15) is 8.78 Å². The van der Waals surface area contributed by atoms with E-state index in [-0.39, 0.29) is 17.1 Å². The first kappa shape index (κ1) is 16.3. The van der Waals surface area contributed by atoms with Gasteiger partial charge >= 0.3 is 12.6 Å². The predicted molar refractivity (Wildman–Crippen MR) is 75.6 cm³/mol. The van der Waals surface area contributed by atoms with Crippen LogP contribution in [-0.4, -0.2) is 18.4 Å². The minimum Gasteiger partial charge on any atom is -0.434 e. The standard InChI is InChI=1S/C15H11F3N2O3/c16-10-7-5-9(6-8-10)13(19)20-23-14(21)11-3-1-2-4-12(11)22-15(17)18/h1-8,15H,(H2,19,20). The molecule has 0 fully saturated rings. The molecule has 2 aromatic rings. The summed E-state index contributed by atoms with van der Waals surface area (Å²) in [4.78, 5) is 16.5. The van der Waals surface area contributed by atoms with Gasteiger partial charge in [0.2, 0.25) is 0 Å². The minimum absolute atomic E-state index is 0.175. The molecule has 0 radical (unpaired) electrons. The SMILES string of the molecule is N/C(=N\OC(=O)c1ccccc1OC(F)F)c1ccc(F)cc1. The molecule has 0 unspecified atom stereocenters. The van der Waals surface area contributed by atoms with E-state index in [0.717, 1.165) is 12.1 Å². The lowest BCUT2D eigenvalue weighted by Crippen LogP contribution is -2.16. The lowest BCUT2D eigenvalue weighted by Gasteiger charge is -2.08. The lowest BCUT2D eigenvalue weighted by molar-refractivity contribution is -0.0504. The van der Waals surface area contributed by atoms with Gasteiger partial charge in [-0.1, -0.05) is 17.3 Å². The first-order valence-electron chi connectivity index (χ1n) is 6.32. The van der Waals surface area contributed by atoms with Crippen LogP contribution in [0.2, 0.25) is 0 Å². The zero-order valence-corrected chi connectivity index (χ0v) is 11.6. The summed E-state index contributed by atoms with van der Waals surface area (Å²) in [6.07, 6.45) is 0. The number of carbonyl (C=O) groups excluding carboxylic acids is 1. The summed E-state index contributed by atoms with van der Waals surface area (Å²) < 4.78 is 41.6. The Balaban J connectivity index is 2.13. The van der Waals surface area contributed by atoms with Crippen LogP contribution in [0.4, 0.5) is 13.2 Å². The largest absolute Gasteiger partial charge is 0.434 e. The van der Waals surface area contributed by atoms with E-state index in [4.69, 9.17) is 5.73 Å². The van der Waals surface area contributed by atoms with Crippen LogP contribution in [0.25, 0.3) is 0 Å². The van der Waals surface area contributed by atoms with Crippen molar-refractivity contribution in [2.45, 2.75) is 6.61 Å². The smallest absolute Gasteiger partial charge is 0.387 e. The van der Waals surface area contributed by atoms with Gasteiger partial charge in [-0.15, -0.1) is 0 Å². The van der Waals surface area contributed by atoms with Crippen LogP contribution < -0.4 is 10.5 Å². The van der Waals surface area contributed by atoms with E-state index in [0.29, 0.717) is 5.56 Å². The molecule has 2 rings (SSSR count). The summed E-state index contributed by atoms with van der Waals surface area (Å²) in [5.74, 6) is -2.00. The third kappa shape index (κ3) is 4.47. The maximum Gasteiger partial charge on any atom is 0.387 e. The van der Waals surface area contributed by atoms with Crippen molar-refractivity contribution in [3.8, 4) is 5.75 Å². The molecule has 5 nitrogen and oxygen atoms in total. The Morgan fingerprint density at radius 1 is 1.09 bits per heavy atom. The van der Waals surface area contributed by atoms with Crippen LogP contribution in [0.5, 0.6) is 5.75 Å². The lowest BCUT2D eigenvalue weighted by atomic mass is 10.2. The van der Waals surface area contributed by atoms with Crippen LogP contribution in [0.15, 0.2) is 53.7 Å². The van der Waals surface area contributed by atoms with E-state index < -0.39 is 18.4 Å². The zero-order chi connectivity index (χ0) is 16.8. The fourth-order valence-electron chi connectivity index (χ4n) is 1.65. The normalized spacial score (nSPS) is 11.4. The molecule has 0 atom stereocenters. The van der Waals surface area contributed by atoms with Crippen molar-refractivity contribution in [1.29, 1.82) is 0 Å². The highest BCUT2D eigenvalue weighted by atomic mass is 19.3. The van der Waals surface area contributed by atoms with Crippen LogP contribution in [0.1, 0.15) is 15.9 Å². The Kier molecular flexibility index (Phi) is 5.19. The van der Waals surface area contributed by atoms with Crippen molar-refractivity contribution in [1.82, 2.24) is 0 Å². The van der Waals surface area contributed by atoms with Crippen molar-refractivity contribution in [2.24, 2.45) is 10.9 Å². The maximum atomic E-state index is 12.8. The third-order valence-corrected chi connectivity index (χ3v) is 2.69. The summed E-state index contributed by atoms with van der Waals surface area (Å²) in [6, 6.07) is 10.3. The van der Waals surface area contributed by atoms with Crippen LogP contribution in [0, 0.1) is 5.82 Å². The Bertz CT molecular complexity index is 718. The molecular weight excluding hydrogens is 313 g/mol. The Hall–Kier alpha value is -3.03. The number of ether oxygens (including phenoxy) is 1. The van der Waals surface area contributed by atoms with Crippen molar-refractivity contribution in [3.63, 3.8) is 0 Å². The van der Waals surface area contributed by atoms with Gasteiger partial charge in [0.1, 0.15) is 17.1 Å². The molecule has 0 saturated heterocycles. The summed E-state index contributed by atoms with van der Waals surface area (Å²) >= 11 is 0. The molecule has 0 saturated carbocycles. The minimum atomic E-state index is -3.09. The number of nitrogens with zero attached hydrogens (tertiary/aromatic N) is 1. The van der Waals surface area contributed by atoms with E-state index in [1.807, 2.05) is 0 Å². The number of carbonyl (C=O) groups is 1. The molecular formula is C15H11F3N2O3. The highest BCUT2D eigenvalue weighted by molar-refractivity contribution is 5.98. The molecule has 0 aliphatic rings. The van der Waals surface area contributed by atoms with Crippen molar-refractivity contribution >= 4 is 11.8 Å². The number of benzene rings is 2. The van der Waals surface area contributed by atoms with E-state index in [1.54, 1.807) is 0 Å². The monoisotopic (exact) mass is 324 g/mol. The molecule has 8 heteroatoms. The Morgan fingerprint density at radius 3 is 2.39 bits per heavy atom. The molecule has 23 heavy (non-hydrogen) atoms. The number of alkyl halides is 2. The van der Waals surface area contributed by atoms with Crippen LogP contribution >= 0.6 is 0 Å². The molecule has 0 aliphatic heterocycles. The van der Waals surface area contributed by atoms with Crippen molar-refractivity contribution in [3.05, 3.63) is 65.5 Å².